The van der Waals surface area contributed by atoms with E-state index in [0.29, 0.717) is 0 Å². The van der Waals surface area contributed by atoms with E-state index < -0.39 is 0 Å². The molecule has 3 nitrogen and oxygen atoms in total. The molecule has 2 aromatic rings. The van der Waals surface area contributed by atoms with Gasteiger partial charge in [-0.2, -0.15) is 10.2 Å². The minimum Gasteiger partial charge on any atom is -0.274 e. The van der Waals surface area contributed by atoms with E-state index in [1.165, 1.54) is 26.4 Å². The number of thiophene rings is 1. The molecule has 1 unspecified atom stereocenters. The van der Waals surface area contributed by atoms with Crippen molar-refractivity contribution < 1.29 is 0 Å². The summed E-state index contributed by atoms with van der Waals surface area (Å²) in [5.74, 6) is 0. The first-order valence-corrected chi connectivity index (χ1v) is 10.4. The minimum atomic E-state index is -0.0871. The van der Waals surface area contributed by atoms with E-state index in [1.54, 1.807) is 0 Å². The van der Waals surface area contributed by atoms with E-state index >= 15 is 0 Å². The first-order chi connectivity index (χ1) is 13.2. The van der Waals surface area contributed by atoms with E-state index in [4.69, 9.17) is 4.99 Å². The molecule has 28 heavy (non-hydrogen) atoms. The summed E-state index contributed by atoms with van der Waals surface area (Å²) in [6.45, 7) is 18.5. The van der Waals surface area contributed by atoms with Crippen LogP contribution in [0.2, 0.25) is 0 Å². The highest BCUT2D eigenvalue weighted by atomic mass is 32.1. The van der Waals surface area contributed by atoms with Crippen LogP contribution in [0.5, 0.6) is 0 Å². The Kier molecular flexibility index (Phi) is 7.64. The molecule has 0 amide bonds. The molecular formula is C24H31N3S. The van der Waals surface area contributed by atoms with Gasteiger partial charge < -0.3 is 0 Å². The molecule has 0 fully saturated rings. The molecule has 1 aromatic heterocycles. The van der Waals surface area contributed by atoms with Crippen molar-refractivity contribution >= 4 is 28.5 Å². The lowest BCUT2D eigenvalue weighted by Gasteiger charge is -2.15. The van der Waals surface area contributed by atoms with Crippen molar-refractivity contribution in [3.05, 3.63) is 68.9 Å². The third kappa shape index (κ3) is 5.35. The molecule has 0 aliphatic carbocycles. The second kappa shape index (κ2) is 9.74. The molecule has 0 N–H and O–H groups in total. The molecule has 0 aliphatic rings. The van der Waals surface area contributed by atoms with E-state index in [0.717, 1.165) is 29.1 Å². The SMILES string of the molecule is C=CCC(N=C(c1ccc(C)cc1)c1c(C)sc(C)c1C)/C(C)=N/N=C(C)C. The summed E-state index contributed by atoms with van der Waals surface area (Å²) in [5.41, 5.74) is 7.77. The summed E-state index contributed by atoms with van der Waals surface area (Å²) in [7, 11) is 0. The Morgan fingerprint density at radius 1 is 1.00 bits per heavy atom. The van der Waals surface area contributed by atoms with Gasteiger partial charge in [0.2, 0.25) is 0 Å². The van der Waals surface area contributed by atoms with Crippen molar-refractivity contribution in [1.82, 2.24) is 0 Å². The van der Waals surface area contributed by atoms with Gasteiger partial charge in [-0.15, -0.1) is 17.9 Å². The van der Waals surface area contributed by atoms with Crippen LogP contribution in [0.25, 0.3) is 0 Å². The maximum absolute atomic E-state index is 5.20. The van der Waals surface area contributed by atoms with Crippen molar-refractivity contribution in [2.45, 2.75) is 60.9 Å². The molecule has 0 saturated heterocycles. The first-order valence-electron chi connectivity index (χ1n) is 9.62. The standard InChI is InChI=1S/C24H31N3S/c1-9-10-22(18(6)27-26-15(2)3)25-24(21-13-11-16(4)12-14-21)23-17(5)19(7)28-20(23)8/h9,11-14,22H,1,10H2,2-8H3/b25-24?,27-18+. The highest BCUT2D eigenvalue weighted by Gasteiger charge is 2.19. The predicted octanol–water partition coefficient (Wildman–Crippen LogP) is 6.62. The lowest BCUT2D eigenvalue weighted by molar-refractivity contribution is 0.866. The van der Waals surface area contributed by atoms with E-state index in [1.807, 2.05) is 38.2 Å². The van der Waals surface area contributed by atoms with E-state index in [2.05, 4.69) is 68.7 Å². The smallest absolute Gasteiger partial charge is 0.0937 e. The Bertz CT molecular complexity index is 924. The highest BCUT2D eigenvalue weighted by Crippen LogP contribution is 2.30. The summed E-state index contributed by atoms with van der Waals surface area (Å²) in [5, 5.41) is 8.63. The molecule has 1 atom stereocenters. The van der Waals surface area contributed by atoms with Gasteiger partial charge in [0.05, 0.1) is 17.5 Å². The van der Waals surface area contributed by atoms with Crippen LogP contribution in [0.3, 0.4) is 0 Å². The molecule has 0 radical (unpaired) electrons. The van der Waals surface area contributed by atoms with Crippen LogP contribution < -0.4 is 0 Å². The summed E-state index contributed by atoms with van der Waals surface area (Å²) in [6, 6.07) is 8.51. The van der Waals surface area contributed by atoms with Crippen LogP contribution in [0, 0.1) is 27.7 Å². The Morgan fingerprint density at radius 2 is 1.64 bits per heavy atom. The van der Waals surface area contributed by atoms with Gasteiger partial charge in [0.15, 0.2) is 0 Å². The predicted molar refractivity (Wildman–Crippen MR) is 126 cm³/mol. The molecule has 0 saturated carbocycles. The molecule has 0 aliphatic heterocycles. The highest BCUT2D eigenvalue weighted by molar-refractivity contribution is 7.12. The van der Waals surface area contributed by atoms with Crippen LogP contribution >= 0.6 is 11.3 Å². The van der Waals surface area contributed by atoms with Crippen LogP contribution in [0.4, 0.5) is 0 Å². The van der Waals surface area contributed by atoms with Crippen LogP contribution in [-0.2, 0) is 0 Å². The number of hydrogen-bond donors (Lipinski definition) is 0. The van der Waals surface area contributed by atoms with Gasteiger partial charge in [-0.1, -0.05) is 35.9 Å². The van der Waals surface area contributed by atoms with Gasteiger partial charge in [-0.05, 0) is 60.5 Å². The number of nitrogens with zero attached hydrogens (tertiary/aromatic N) is 3. The van der Waals surface area contributed by atoms with Gasteiger partial charge in [-0.25, -0.2) is 0 Å². The molecule has 0 spiro atoms. The van der Waals surface area contributed by atoms with Crippen molar-refractivity contribution in [1.29, 1.82) is 0 Å². The van der Waals surface area contributed by atoms with Gasteiger partial charge in [-0.3, -0.25) is 4.99 Å². The van der Waals surface area contributed by atoms with Gasteiger partial charge in [0.1, 0.15) is 0 Å². The van der Waals surface area contributed by atoms with Gasteiger partial charge in [0, 0.05) is 26.6 Å². The Hall–Kier alpha value is -2.33. The fourth-order valence-corrected chi connectivity index (χ4v) is 4.08. The molecule has 4 heteroatoms. The molecule has 1 aromatic carbocycles. The third-order valence-electron chi connectivity index (χ3n) is 4.69. The Balaban J connectivity index is 2.67. The second-order valence-corrected chi connectivity index (χ2v) is 8.82. The monoisotopic (exact) mass is 393 g/mol. The fraction of sp³-hybridized carbons (Fsp3) is 0.375. The zero-order valence-electron chi connectivity index (χ0n) is 18.1. The maximum atomic E-state index is 5.20. The molecule has 0 bridgehead atoms. The van der Waals surface area contributed by atoms with E-state index in [-0.39, 0.29) is 6.04 Å². The Morgan fingerprint density at radius 3 is 2.14 bits per heavy atom. The molecule has 2 rings (SSSR count). The summed E-state index contributed by atoms with van der Waals surface area (Å²) < 4.78 is 0. The fourth-order valence-electron chi connectivity index (χ4n) is 3.01. The average Bonchev–Trinajstić information content (AvgIpc) is 2.89. The second-order valence-electron chi connectivity index (χ2n) is 7.39. The maximum Gasteiger partial charge on any atom is 0.0937 e. The van der Waals surface area contributed by atoms with Crippen molar-refractivity contribution in [3.8, 4) is 0 Å². The average molecular weight is 394 g/mol. The largest absolute Gasteiger partial charge is 0.274 e. The number of aliphatic imine (C=N–C) groups is 1. The zero-order valence-corrected chi connectivity index (χ0v) is 18.9. The van der Waals surface area contributed by atoms with Gasteiger partial charge >= 0.3 is 0 Å². The Labute approximate surface area is 173 Å². The lowest BCUT2D eigenvalue weighted by Crippen LogP contribution is -2.19. The molecule has 1 heterocycles. The van der Waals surface area contributed by atoms with Crippen molar-refractivity contribution in [2.24, 2.45) is 15.2 Å². The normalized spacial score (nSPS) is 13.4. The number of aryl methyl sites for hydroxylation is 3. The van der Waals surface area contributed by atoms with Crippen molar-refractivity contribution in [2.75, 3.05) is 0 Å². The number of hydrogen-bond acceptors (Lipinski definition) is 4. The number of benzene rings is 1. The molecular weight excluding hydrogens is 362 g/mol. The third-order valence-corrected chi connectivity index (χ3v) is 5.81. The van der Waals surface area contributed by atoms with Crippen LogP contribution in [0.15, 0.2) is 52.1 Å². The van der Waals surface area contributed by atoms with Crippen LogP contribution in [-0.4, -0.2) is 23.2 Å². The minimum absolute atomic E-state index is 0.0871. The van der Waals surface area contributed by atoms with Crippen LogP contribution in [0.1, 0.15) is 59.2 Å². The lowest BCUT2D eigenvalue weighted by atomic mass is 9.97. The topological polar surface area (TPSA) is 37.1 Å². The first kappa shape index (κ1) is 22.0. The summed E-state index contributed by atoms with van der Waals surface area (Å²) in [6.07, 6.45) is 2.63. The summed E-state index contributed by atoms with van der Waals surface area (Å²) >= 11 is 1.83. The quantitative estimate of drug-likeness (QED) is 0.288. The van der Waals surface area contributed by atoms with Gasteiger partial charge in [0.25, 0.3) is 0 Å². The van der Waals surface area contributed by atoms with Crippen molar-refractivity contribution in [3.63, 3.8) is 0 Å². The summed E-state index contributed by atoms with van der Waals surface area (Å²) in [4.78, 5) is 7.83. The zero-order chi connectivity index (χ0) is 20.8. The molecule has 148 valence electrons. The van der Waals surface area contributed by atoms with E-state index in [9.17, 15) is 0 Å². The number of rotatable bonds is 7.